The largest absolute Gasteiger partial charge is 0.497 e. The summed E-state index contributed by atoms with van der Waals surface area (Å²) in [6.07, 6.45) is 0. The van der Waals surface area contributed by atoms with E-state index in [0.717, 1.165) is 16.9 Å². The maximum atomic E-state index is 5.09. The molecular formula is C9H13NO2. The highest BCUT2D eigenvalue weighted by Gasteiger charge is 1.97. The SMILES string of the molecule is COc1cc(C)cc(CON)c1. The highest BCUT2D eigenvalue weighted by atomic mass is 16.6. The molecule has 2 N–H and O–H groups in total. The summed E-state index contributed by atoms with van der Waals surface area (Å²) in [4.78, 5) is 4.53. The van der Waals surface area contributed by atoms with Gasteiger partial charge in [0.2, 0.25) is 0 Å². The second-order valence-corrected chi connectivity index (χ2v) is 2.67. The number of methoxy groups -OCH3 is 1. The predicted octanol–water partition coefficient (Wildman–Crippen LogP) is 1.39. The first kappa shape index (κ1) is 9.03. The molecule has 12 heavy (non-hydrogen) atoms. The van der Waals surface area contributed by atoms with Crippen LogP contribution in [0.3, 0.4) is 0 Å². The summed E-state index contributed by atoms with van der Waals surface area (Å²) < 4.78 is 5.09. The van der Waals surface area contributed by atoms with E-state index in [1.807, 2.05) is 25.1 Å². The molecule has 0 saturated carbocycles. The number of nitrogens with two attached hydrogens (primary N) is 1. The molecule has 66 valence electrons. The van der Waals surface area contributed by atoms with E-state index >= 15 is 0 Å². The molecule has 3 heteroatoms. The Balaban J connectivity index is 2.90. The van der Waals surface area contributed by atoms with E-state index in [0.29, 0.717) is 6.61 Å². The Kier molecular flexibility index (Phi) is 3.08. The first-order chi connectivity index (χ1) is 5.76. The first-order valence-electron chi connectivity index (χ1n) is 3.72. The van der Waals surface area contributed by atoms with E-state index in [1.165, 1.54) is 0 Å². The van der Waals surface area contributed by atoms with Crippen LogP contribution in [0.5, 0.6) is 5.75 Å². The Morgan fingerprint density at radius 3 is 2.67 bits per heavy atom. The third-order valence-electron chi connectivity index (χ3n) is 1.60. The second kappa shape index (κ2) is 4.09. The number of benzene rings is 1. The molecule has 1 aromatic rings. The van der Waals surface area contributed by atoms with Crippen molar-refractivity contribution < 1.29 is 9.57 Å². The quantitative estimate of drug-likeness (QED) is 0.692. The standard InChI is InChI=1S/C9H13NO2/c1-7-3-8(6-12-10)5-9(4-7)11-2/h3-5H,6,10H2,1-2H3. The molecule has 0 spiro atoms. The average molecular weight is 167 g/mol. The van der Waals surface area contributed by atoms with Gasteiger partial charge in [-0.3, -0.25) is 4.84 Å². The van der Waals surface area contributed by atoms with Gasteiger partial charge in [-0.05, 0) is 30.2 Å². The van der Waals surface area contributed by atoms with Crippen LogP contribution in [-0.2, 0) is 11.4 Å². The number of hydrogen-bond acceptors (Lipinski definition) is 3. The molecule has 0 amide bonds. The van der Waals surface area contributed by atoms with Crippen molar-refractivity contribution in [1.29, 1.82) is 0 Å². The summed E-state index contributed by atoms with van der Waals surface area (Å²) >= 11 is 0. The van der Waals surface area contributed by atoms with Crippen molar-refractivity contribution in [2.24, 2.45) is 5.90 Å². The third-order valence-corrected chi connectivity index (χ3v) is 1.60. The molecule has 0 heterocycles. The Morgan fingerprint density at radius 1 is 1.33 bits per heavy atom. The monoisotopic (exact) mass is 167 g/mol. The van der Waals surface area contributed by atoms with Gasteiger partial charge in [0.05, 0.1) is 13.7 Å². The first-order valence-corrected chi connectivity index (χ1v) is 3.72. The lowest BCUT2D eigenvalue weighted by molar-refractivity contribution is 0.124. The molecule has 0 saturated heterocycles. The third kappa shape index (κ3) is 2.22. The number of hydrogen-bond donors (Lipinski definition) is 1. The zero-order valence-electron chi connectivity index (χ0n) is 7.33. The molecule has 1 rings (SSSR count). The average Bonchev–Trinajstić information content (AvgIpc) is 2.04. The summed E-state index contributed by atoms with van der Waals surface area (Å²) in [5.74, 6) is 5.80. The molecule has 0 aliphatic heterocycles. The van der Waals surface area contributed by atoms with Gasteiger partial charge in [-0.1, -0.05) is 6.07 Å². The van der Waals surface area contributed by atoms with Crippen LogP contribution in [0.2, 0.25) is 0 Å². The zero-order chi connectivity index (χ0) is 8.97. The van der Waals surface area contributed by atoms with Gasteiger partial charge in [0, 0.05) is 0 Å². The van der Waals surface area contributed by atoms with E-state index in [1.54, 1.807) is 7.11 Å². The molecule has 0 radical (unpaired) electrons. The second-order valence-electron chi connectivity index (χ2n) is 2.67. The van der Waals surface area contributed by atoms with Crippen LogP contribution in [0.25, 0.3) is 0 Å². The topological polar surface area (TPSA) is 44.5 Å². The molecule has 1 aromatic carbocycles. The summed E-state index contributed by atoms with van der Waals surface area (Å²) in [6.45, 7) is 2.42. The number of ether oxygens (including phenoxy) is 1. The van der Waals surface area contributed by atoms with E-state index < -0.39 is 0 Å². The molecule has 0 bridgehead atoms. The lowest BCUT2D eigenvalue weighted by atomic mass is 10.1. The fourth-order valence-electron chi connectivity index (χ4n) is 1.12. The lowest BCUT2D eigenvalue weighted by Crippen LogP contribution is -1.99. The predicted molar refractivity (Wildman–Crippen MR) is 46.7 cm³/mol. The van der Waals surface area contributed by atoms with Crippen LogP contribution in [0, 0.1) is 6.92 Å². The minimum absolute atomic E-state index is 0.415. The minimum atomic E-state index is 0.415. The molecule has 0 aliphatic carbocycles. The van der Waals surface area contributed by atoms with Gasteiger partial charge in [-0.2, -0.15) is 0 Å². The van der Waals surface area contributed by atoms with Crippen LogP contribution < -0.4 is 10.6 Å². The Labute approximate surface area is 72.0 Å². The fraction of sp³-hybridized carbons (Fsp3) is 0.333. The van der Waals surface area contributed by atoms with Crippen molar-refractivity contribution in [3.8, 4) is 5.75 Å². The lowest BCUT2D eigenvalue weighted by Gasteiger charge is -2.04. The van der Waals surface area contributed by atoms with Crippen molar-refractivity contribution in [1.82, 2.24) is 0 Å². The summed E-state index contributed by atoms with van der Waals surface area (Å²) in [6, 6.07) is 5.87. The molecule has 0 unspecified atom stereocenters. The molecule has 0 aromatic heterocycles. The van der Waals surface area contributed by atoms with E-state index in [4.69, 9.17) is 10.6 Å². The van der Waals surface area contributed by atoms with Gasteiger partial charge in [0.15, 0.2) is 0 Å². The van der Waals surface area contributed by atoms with E-state index in [9.17, 15) is 0 Å². The van der Waals surface area contributed by atoms with Crippen LogP contribution in [0.15, 0.2) is 18.2 Å². The Morgan fingerprint density at radius 2 is 2.08 bits per heavy atom. The smallest absolute Gasteiger partial charge is 0.119 e. The normalized spacial score (nSPS) is 9.92. The van der Waals surface area contributed by atoms with Crippen molar-refractivity contribution in [3.05, 3.63) is 29.3 Å². The highest BCUT2D eigenvalue weighted by Crippen LogP contribution is 2.16. The highest BCUT2D eigenvalue weighted by molar-refractivity contribution is 5.33. The number of aryl methyl sites for hydroxylation is 1. The van der Waals surface area contributed by atoms with E-state index in [2.05, 4.69) is 4.84 Å². The van der Waals surface area contributed by atoms with Gasteiger partial charge in [-0.15, -0.1) is 0 Å². The summed E-state index contributed by atoms with van der Waals surface area (Å²) in [7, 11) is 1.64. The molecule has 0 aliphatic rings. The molecular weight excluding hydrogens is 154 g/mol. The Hall–Kier alpha value is -1.06. The fourth-order valence-corrected chi connectivity index (χ4v) is 1.12. The Bertz CT molecular complexity index is 261. The summed E-state index contributed by atoms with van der Waals surface area (Å²) in [5.41, 5.74) is 2.16. The van der Waals surface area contributed by atoms with Gasteiger partial charge < -0.3 is 4.74 Å². The number of rotatable bonds is 3. The molecule has 0 fully saturated rings. The maximum Gasteiger partial charge on any atom is 0.119 e. The van der Waals surface area contributed by atoms with Crippen LogP contribution in [-0.4, -0.2) is 7.11 Å². The molecule has 0 atom stereocenters. The van der Waals surface area contributed by atoms with Gasteiger partial charge in [0.25, 0.3) is 0 Å². The van der Waals surface area contributed by atoms with Crippen molar-refractivity contribution in [2.75, 3.05) is 7.11 Å². The molecule has 3 nitrogen and oxygen atoms in total. The minimum Gasteiger partial charge on any atom is -0.497 e. The zero-order valence-corrected chi connectivity index (χ0v) is 7.33. The van der Waals surface area contributed by atoms with Crippen LogP contribution in [0.1, 0.15) is 11.1 Å². The van der Waals surface area contributed by atoms with Crippen LogP contribution in [0.4, 0.5) is 0 Å². The van der Waals surface area contributed by atoms with Crippen LogP contribution >= 0.6 is 0 Å². The van der Waals surface area contributed by atoms with Gasteiger partial charge in [-0.25, -0.2) is 5.90 Å². The van der Waals surface area contributed by atoms with Crippen molar-refractivity contribution in [3.63, 3.8) is 0 Å². The van der Waals surface area contributed by atoms with E-state index in [-0.39, 0.29) is 0 Å². The summed E-state index contributed by atoms with van der Waals surface area (Å²) in [5, 5.41) is 0. The maximum absolute atomic E-state index is 5.09. The van der Waals surface area contributed by atoms with Crippen molar-refractivity contribution in [2.45, 2.75) is 13.5 Å². The van der Waals surface area contributed by atoms with Gasteiger partial charge in [0.1, 0.15) is 5.75 Å². The van der Waals surface area contributed by atoms with Gasteiger partial charge >= 0.3 is 0 Å². The van der Waals surface area contributed by atoms with Crippen molar-refractivity contribution >= 4 is 0 Å².